The molecule has 0 bridgehead atoms. The van der Waals surface area contributed by atoms with Crippen LogP contribution in [0.1, 0.15) is 11.1 Å². The van der Waals surface area contributed by atoms with E-state index in [0.717, 1.165) is 35.4 Å². The van der Waals surface area contributed by atoms with E-state index in [1.807, 2.05) is 12.1 Å². The highest BCUT2D eigenvalue weighted by molar-refractivity contribution is 5.92. The first-order chi connectivity index (χ1) is 10.1. The number of carbonyl (C=O) groups excluding carboxylic acids is 1. The van der Waals surface area contributed by atoms with E-state index in [4.69, 9.17) is 4.74 Å². The highest BCUT2D eigenvalue weighted by Gasteiger charge is 2.15. The lowest BCUT2D eigenvalue weighted by Gasteiger charge is -2.08. The fourth-order valence-electron chi connectivity index (χ4n) is 2.34. The van der Waals surface area contributed by atoms with Crippen molar-refractivity contribution in [3.63, 3.8) is 0 Å². The second kappa shape index (κ2) is 5.52. The van der Waals surface area contributed by atoms with Crippen molar-refractivity contribution in [1.82, 2.24) is 0 Å². The third-order valence-electron chi connectivity index (χ3n) is 3.35. The van der Waals surface area contributed by atoms with Gasteiger partial charge in [0.2, 0.25) is 5.91 Å². The SMILES string of the molecule is O=C(Cc1ccc2c(c1)CCO2)Nc1c(F)cccc1F. The number of rotatable bonds is 3. The predicted molar refractivity (Wildman–Crippen MR) is 74.3 cm³/mol. The van der Waals surface area contributed by atoms with E-state index in [9.17, 15) is 13.6 Å². The van der Waals surface area contributed by atoms with E-state index in [0.29, 0.717) is 6.61 Å². The monoisotopic (exact) mass is 289 g/mol. The Kier molecular flexibility index (Phi) is 3.56. The summed E-state index contributed by atoms with van der Waals surface area (Å²) in [7, 11) is 0. The van der Waals surface area contributed by atoms with Gasteiger partial charge in [-0.05, 0) is 29.3 Å². The van der Waals surface area contributed by atoms with Crippen molar-refractivity contribution in [1.29, 1.82) is 0 Å². The molecule has 0 spiro atoms. The molecule has 1 heterocycles. The van der Waals surface area contributed by atoms with Crippen molar-refractivity contribution >= 4 is 11.6 Å². The maximum atomic E-state index is 13.5. The molecule has 0 saturated carbocycles. The molecule has 1 aliphatic heterocycles. The van der Waals surface area contributed by atoms with Crippen LogP contribution in [0.3, 0.4) is 0 Å². The number of nitrogens with one attached hydrogen (secondary N) is 1. The van der Waals surface area contributed by atoms with Gasteiger partial charge in [-0.3, -0.25) is 4.79 Å². The van der Waals surface area contributed by atoms with Crippen molar-refractivity contribution in [2.75, 3.05) is 11.9 Å². The Bertz CT molecular complexity index is 680. The lowest BCUT2D eigenvalue weighted by atomic mass is 10.1. The average molecular weight is 289 g/mol. The summed E-state index contributed by atoms with van der Waals surface area (Å²) in [5.74, 6) is -1.20. The number of anilines is 1. The molecule has 0 aliphatic carbocycles. The van der Waals surface area contributed by atoms with Crippen LogP contribution in [0, 0.1) is 11.6 Å². The van der Waals surface area contributed by atoms with Crippen molar-refractivity contribution < 1.29 is 18.3 Å². The maximum absolute atomic E-state index is 13.5. The second-order valence-corrected chi connectivity index (χ2v) is 4.86. The maximum Gasteiger partial charge on any atom is 0.228 e. The van der Waals surface area contributed by atoms with Gasteiger partial charge in [0.25, 0.3) is 0 Å². The number of para-hydroxylation sites is 1. The summed E-state index contributed by atoms with van der Waals surface area (Å²) in [5.41, 5.74) is 1.43. The number of hydrogen-bond donors (Lipinski definition) is 1. The standard InChI is InChI=1S/C16H13F2NO2/c17-12-2-1-3-13(18)16(12)19-15(20)9-10-4-5-14-11(8-10)6-7-21-14/h1-5,8H,6-7,9H2,(H,19,20). The van der Waals surface area contributed by atoms with Gasteiger partial charge in [0, 0.05) is 6.42 Å². The molecule has 1 aliphatic rings. The third kappa shape index (κ3) is 2.86. The van der Waals surface area contributed by atoms with Crippen molar-refractivity contribution in [3.8, 4) is 5.75 Å². The van der Waals surface area contributed by atoms with Crippen LogP contribution >= 0.6 is 0 Å². The van der Waals surface area contributed by atoms with Gasteiger partial charge in [0.05, 0.1) is 13.0 Å². The number of benzene rings is 2. The minimum Gasteiger partial charge on any atom is -0.493 e. The molecule has 0 atom stereocenters. The molecule has 5 heteroatoms. The van der Waals surface area contributed by atoms with Gasteiger partial charge in [-0.25, -0.2) is 8.78 Å². The van der Waals surface area contributed by atoms with Gasteiger partial charge in [-0.2, -0.15) is 0 Å². The zero-order chi connectivity index (χ0) is 14.8. The van der Waals surface area contributed by atoms with E-state index in [-0.39, 0.29) is 6.42 Å². The molecule has 3 rings (SSSR count). The van der Waals surface area contributed by atoms with Gasteiger partial charge in [0.1, 0.15) is 23.1 Å². The van der Waals surface area contributed by atoms with Crippen LogP contribution in [0.25, 0.3) is 0 Å². The lowest BCUT2D eigenvalue weighted by Crippen LogP contribution is -2.16. The number of fused-ring (bicyclic) bond motifs is 1. The van der Waals surface area contributed by atoms with Crippen LogP contribution in [0.15, 0.2) is 36.4 Å². The van der Waals surface area contributed by atoms with Crippen LogP contribution in [0.4, 0.5) is 14.5 Å². The Balaban J connectivity index is 1.72. The fourth-order valence-corrected chi connectivity index (χ4v) is 2.34. The topological polar surface area (TPSA) is 38.3 Å². The molecule has 2 aromatic carbocycles. The average Bonchev–Trinajstić information content (AvgIpc) is 2.90. The fraction of sp³-hybridized carbons (Fsp3) is 0.188. The minimum absolute atomic E-state index is 0.0566. The van der Waals surface area contributed by atoms with E-state index < -0.39 is 23.2 Å². The lowest BCUT2D eigenvalue weighted by molar-refractivity contribution is -0.115. The number of ether oxygens (including phenoxy) is 1. The summed E-state index contributed by atoms with van der Waals surface area (Å²) < 4.78 is 32.3. The highest BCUT2D eigenvalue weighted by Crippen LogP contribution is 2.26. The van der Waals surface area contributed by atoms with E-state index in [1.54, 1.807) is 6.07 Å². The molecule has 3 nitrogen and oxygen atoms in total. The largest absolute Gasteiger partial charge is 0.493 e. The Labute approximate surface area is 120 Å². The van der Waals surface area contributed by atoms with Gasteiger partial charge in [-0.1, -0.05) is 18.2 Å². The third-order valence-corrected chi connectivity index (χ3v) is 3.35. The quantitative estimate of drug-likeness (QED) is 0.943. The summed E-state index contributed by atoms with van der Waals surface area (Å²) in [4.78, 5) is 11.9. The molecular weight excluding hydrogens is 276 g/mol. The molecule has 0 radical (unpaired) electrons. The van der Waals surface area contributed by atoms with Crippen LogP contribution in [0.5, 0.6) is 5.75 Å². The van der Waals surface area contributed by atoms with Gasteiger partial charge < -0.3 is 10.1 Å². The Morgan fingerprint density at radius 3 is 2.71 bits per heavy atom. The molecular formula is C16H13F2NO2. The molecule has 0 aromatic heterocycles. The predicted octanol–water partition coefficient (Wildman–Crippen LogP) is 3.08. The van der Waals surface area contributed by atoms with Gasteiger partial charge >= 0.3 is 0 Å². The first-order valence-electron chi connectivity index (χ1n) is 6.62. The minimum atomic E-state index is -0.786. The summed E-state index contributed by atoms with van der Waals surface area (Å²) >= 11 is 0. The smallest absolute Gasteiger partial charge is 0.228 e. The molecule has 1 amide bonds. The number of hydrogen-bond acceptors (Lipinski definition) is 2. The van der Waals surface area contributed by atoms with Crippen molar-refractivity contribution in [2.24, 2.45) is 0 Å². The normalized spacial score (nSPS) is 12.7. The van der Waals surface area contributed by atoms with E-state index in [1.165, 1.54) is 6.07 Å². The number of halogens is 2. The highest BCUT2D eigenvalue weighted by atomic mass is 19.1. The van der Waals surface area contributed by atoms with Crippen LogP contribution < -0.4 is 10.1 Å². The molecule has 0 saturated heterocycles. The number of carbonyl (C=O) groups is 1. The van der Waals surface area contributed by atoms with Gasteiger partial charge in [-0.15, -0.1) is 0 Å². The Morgan fingerprint density at radius 1 is 1.19 bits per heavy atom. The second-order valence-electron chi connectivity index (χ2n) is 4.86. The molecule has 108 valence electrons. The molecule has 1 N–H and O–H groups in total. The molecule has 21 heavy (non-hydrogen) atoms. The summed E-state index contributed by atoms with van der Waals surface area (Å²) in [6.07, 6.45) is 0.869. The zero-order valence-electron chi connectivity index (χ0n) is 11.2. The van der Waals surface area contributed by atoms with Crippen molar-refractivity contribution in [2.45, 2.75) is 12.8 Å². The molecule has 0 fully saturated rings. The first kappa shape index (κ1) is 13.5. The summed E-state index contributed by atoms with van der Waals surface area (Å²) in [6.45, 7) is 0.644. The zero-order valence-corrected chi connectivity index (χ0v) is 11.2. The van der Waals surface area contributed by atoms with Crippen LogP contribution in [-0.4, -0.2) is 12.5 Å². The van der Waals surface area contributed by atoms with Crippen molar-refractivity contribution in [3.05, 3.63) is 59.2 Å². The van der Waals surface area contributed by atoms with E-state index in [2.05, 4.69) is 5.32 Å². The summed E-state index contributed by atoms with van der Waals surface area (Å²) in [6, 6.07) is 8.94. The first-order valence-corrected chi connectivity index (χ1v) is 6.62. The van der Waals surface area contributed by atoms with Crippen LogP contribution in [-0.2, 0) is 17.6 Å². The molecule has 2 aromatic rings. The van der Waals surface area contributed by atoms with E-state index >= 15 is 0 Å². The Hall–Kier alpha value is -2.43. The Morgan fingerprint density at radius 2 is 1.95 bits per heavy atom. The van der Waals surface area contributed by atoms with Crippen LogP contribution in [0.2, 0.25) is 0 Å². The van der Waals surface area contributed by atoms with Gasteiger partial charge in [0.15, 0.2) is 0 Å². The molecule has 0 unspecified atom stereocenters. The summed E-state index contributed by atoms with van der Waals surface area (Å²) in [5, 5.41) is 2.27. The number of amides is 1.